The predicted octanol–water partition coefficient (Wildman–Crippen LogP) is 1.49. The van der Waals surface area contributed by atoms with Crippen molar-refractivity contribution in [2.75, 3.05) is 13.1 Å². The number of nitrogens with one attached hydrogen (secondary N) is 1. The second-order valence-electron chi connectivity index (χ2n) is 5.79. The molecule has 0 bridgehead atoms. The van der Waals surface area contributed by atoms with Crippen LogP contribution in [0.25, 0.3) is 0 Å². The van der Waals surface area contributed by atoms with Crippen LogP contribution in [0.15, 0.2) is 18.5 Å². The van der Waals surface area contributed by atoms with Crippen LogP contribution in [0.1, 0.15) is 32.6 Å². The van der Waals surface area contributed by atoms with Gasteiger partial charge in [0, 0.05) is 37.1 Å². The molecule has 1 aromatic heterocycles. The van der Waals surface area contributed by atoms with Crippen molar-refractivity contribution in [3.05, 3.63) is 18.5 Å². The van der Waals surface area contributed by atoms with Gasteiger partial charge < -0.3 is 5.32 Å². The second-order valence-corrected chi connectivity index (χ2v) is 5.79. The molecule has 3 unspecified atom stereocenters. The monoisotopic (exact) mass is 248 g/mol. The van der Waals surface area contributed by atoms with Gasteiger partial charge in [0.25, 0.3) is 0 Å². The van der Waals surface area contributed by atoms with E-state index in [0.717, 1.165) is 12.6 Å². The smallest absolute Gasteiger partial charge is 0.0560 e. The molecule has 0 aliphatic carbocycles. The summed E-state index contributed by atoms with van der Waals surface area (Å²) in [5.74, 6) is 0. The topological polar surface area (TPSA) is 33.1 Å². The van der Waals surface area contributed by atoms with Crippen LogP contribution in [0.4, 0.5) is 0 Å². The van der Waals surface area contributed by atoms with Gasteiger partial charge in [0.15, 0.2) is 0 Å². The molecule has 4 nitrogen and oxygen atoms in total. The highest BCUT2D eigenvalue weighted by molar-refractivity contribution is 4.95. The molecular formula is C14H24N4. The van der Waals surface area contributed by atoms with Crippen molar-refractivity contribution in [2.45, 2.75) is 57.3 Å². The van der Waals surface area contributed by atoms with E-state index >= 15 is 0 Å². The van der Waals surface area contributed by atoms with Gasteiger partial charge in [-0.15, -0.1) is 0 Å². The molecule has 3 heterocycles. The lowest BCUT2D eigenvalue weighted by Crippen LogP contribution is -2.48. The van der Waals surface area contributed by atoms with Crippen molar-refractivity contribution >= 4 is 0 Å². The van der Waals surface area contributed by atoms with Crippen molar-refractivity contribution in [3.63, 3.8) is 0 Å². The molecule has 18 heavy (non-hydrogen) atoms. The van der Waals surface area contributed by atoms with Crippen LogP contribution in [-0.2, 0) is 6.54 Å². The summed E-state index contributed by atoms with van der Waals surface area (Å²) in [7, 11) is 0. The third kappa shape index (κ3) is 2.59. The number of fused-ring (bicyclic) bond motifs is 1. The Bertz CT molecular complexity index is 362. The molecule has 4 heteroatoms. The van der Waals surface area contributed by atoms with Crippen molar-refractivity contribution in [1.29, 1.82) is 0 Å². The lowest BCUT2D eigenvalue weighted by Gasteiger charge is -2.33. The Morgan fingerprint density at radius 1 is 1.33 bits per heavy atom. The Hall–Kier alpha value is -0.870. The lowest BCUT2D eigenvalue weighted by atomic mass is 9.98. The molecular weight excluding hydrogens is 224 g/mol. The van der Waals surface area contributed by atoms with Crippen LogP contribution in [0.3, 0.4) is 0 Å². The number of hydrogen-bond acceptors (Lipinski definition) is 3. The first-order valence-corrected chi connectivity index (χ1v) is 7.30. The molecule has 0 spiro atoms. The van der Waals surface area contributed by atoms with E-state index in [4.69, 9.17) is 0 Å². The summed E-state index contributed by atoms with van der Waals surface area (Å²) in [6.07, 6.45) is 9.39. The Balaban J connectivity index is 1.53. The summed E-state index contributed by atoms with van der Waals surface area (Å²) in [6, 6.07) is 3.97. The molecule has 0 amide bonds. The molecule has 0 saturated carbocycles. The maximum atomic E-state index is 4.28. The zero-order valence-corrected chi connectivity index (χ0v) is 11.3. The van der Waals surface area contributed by atoms with Gasteiger partial charge in [-0.2, -0.15) is 5.10 Å². The average molecular weight is 248 g/mol. The normalized spacial score (nSPS) is 30.3. The Morgan fingerprint density at radius 3 is 3.11 bits per heavy atom. The molecule has 1 N–H and O–H groups in total. The zero-order valence-electron chi connectivity index (χ0n) is 11.3. The minimum Gasteiger partial charge on any atom is -0.308 e. The Labute approximate surface area is 109 Å². The molecule has 100 valence electrons. The van der Waals surface area contributed by atoms with Gasteiger partial charge in [0.1, 0.15) is 0 Å². The number of piperidine rings is 1. The number of hydrogen-bond donors (Lipinski definition) is 1. The number of aromatic nitrogens is 2. The van der Waals surface area contributed by atoms with E-state index in [2.05, 4.69) is 22.2 Å². The van der Waals surface area contributed by atoms with Gasteiger partial charge in [0.05, 0.1) is 6.54 Å². The summed E-state index contributed by atoms with van der Waals surface area (Å²) in [5, 5.41) is 8.09. The van der Waals surface area contributed by atoms with E-state index < -0.39 is 0 Å². The SMILES string of the molecule is CC(Cn1cccn1)NC1CCN2CCCCC12. The first-order valence-electron chi connectivity index (χ1n) is 7.30. The maximum Gasteiger partial charge on any atom is 0.0560 e. The van der Waals surface area contributed by atoms with Crippen molar-refractivity contribution in [1.82, 2.24) is 20.0 Å². The second kappa shape index (κ2) is 5.41. The summed E-state index contributed by atoms with van der Waals surface area (Å²) in [5.41, 5.74) is 0. The molecule has 2 aliphatic rings. The first kappa shape index (κ1) is 12.2. The van der Waals surface area contributed by atoms with Crippen molar-refractivity contribution in [3.8, 4) is 0 Å². The van der Waals surface area contributed by atoms with Crippen LogP contribution in [0.2, 0.25) is 0 Å². The Kier molecular flexibility index (Phi) is 3.66. The van der Waals surface area contributed by atoms with E-state index in [0.29, 0.717) is 12.1 Å². The molecule has 2 aliphatic heterocycles. The largest absolute Gasteiger partial charge is 0.308 e. The fraction of sp³-hybridized carbons (Fsp3) is 0.786. The van der Waals surface area contributed by atoms with Gasteiger partial charge in [-0.25, -0.2) is 0 Å². The average Bonchev–Trinajstić information content (AvgIpc) is 3.00. The third-order valence-electron chi connectivity index (χ3n) is 4.37. The highest BCUT2D eigenvalue weighted by Crippen LogP contribution is 2.27. The fourth-order valence-electron chi connectivity index (χ4n) is 3.55. The number of nitrogens with zero attached hydrogens (tertiary/aromatic N) is 3. The minimum absolute atomic E-state index is 0.497. The molecule has 1 aromatic rings. The molecule has 0 aromatic carbocycles. The maximum absolute atomic E-state index is 4.28. The van der Waals surface area contributed by atoms with Crippen LogP contribution >= 0.6 is 0 Å². The number of rotatable bonds is 4. The van der Waals surface area contributed by atoms with E-state index in [1.807, 2.05) is 23.1 Å². The first-order chi connectivity index (χ1) is 8.83. The highest BCUT2D eigenvalue weighted by atomic mass is 15.3. The van der Waals surface area contributed by atoms with Gasteiger partial charge in [-0.1, -0.05) is 6.42 Å². The summed E-state index contributed by atoms with van der Waals surface area (Å²) in [4.78, 5) is 2.68. The molecule has 0 radical (unpaired) electrons. The molecule has 3 rings (SSSR count). The van der Waals surface area contributed by atoms with Gasteiger partial charge in [-0.3, -0.25) is 9.58 Å². The van der Waals surface area contributed by atoms with Crippen LogP contribution in [0, 0.1) is 0 Å². The lowest BCUT2D eigenvalue weighted by molar-refractivity contribution is 0.175. The van der Waals surface area contributed by atoms with Crippen LogP contribution in [0.5, 0.6) is 0 Å². The van der Waals surface area contributed by atoms with Gasteiger partial charge >= 0.3 is 0 Å². The highest BCUT2D eigenvalue weighted by Gasteiger charge is 2.35. The molecule has 2 fully saturated rings. The van der Waals surface area contributed by atoms with E-state index in [-0.39, 0.29) is 0 Å². The quantitative estimate of drug-likeness (QED) is 0.876. The Morgan fingerprint density at radius 2 is 2.28 bits per heavy atom. The predicted molar refractivity (Wildman–Crippen MR) is 72.4 cm³/mol. The third-order valence-corrected chi connectivity index (χ3v) is 4.37. The van der Waals surface area contributed by atoms with Crippen molar-refractivity contribution in [2.24, 2.45) is 0 Å². The molecule has 3 atom stereocenters. The zero-order chi connectivity index (χ0) is 12.4. The van der Waals surface area contributed by atoms with Gasteiger partial charge in [0.2, 0.25) is 0 Å². The van der Waals surface area contributed by atoms with Gasteiger partial charge in [-0.05, 0) is 38.8 Å². The van der Waals surface area contributed by atoms with E-state index in [1.54, 1.807) is 0 Å². The standard InChI is InChI=1S/C14H24N4/c1-12(11-18-9-4-7-15-18)16-13-6-10-17-8-3-2-5-14(13)17/h4,7,9,12-14,16H,2-3,5-6,8,10-11H2,1H3. The fourth-order valence-corrected chi connectivity index (χ4v) is 3.55. The van der Waals surface area contributed by atoms with Crippen LogP contribution in [-0.4, -0.2) is 45.9 Å². The van der Waals surface area contributed by atoms with E-state index in [9.17, 15) is 0 Å². The molecule has 2 saturated heterocycles. The summed E-state index contributed by atoms with van der Waals surface area (Å²) < 4.78 is 2.02. The van der Waals surface area contributed by atoms with Crippen LogP contribution < -0.4 is 5.32 Å². The minimum atomic E-state index is 0.497. The summed E-state index contributed by atoms with van der Waals surface area (Å²) in [6.45, 7) is 5.84. The summed E-state index contributed by atoms with van der Waals surface area (Å²) >= 11 is 0. The van der Waals surface area contributed by atoms with Crippen molar-refractivity contribution < 1.29 is 0 Å². The van der Waals surface area contributed by atoms with E-state index in [1.165, 1.54) is 38.8 Å².